The SMILES string of the molecule is CC.CC12CCC3C4CCC(O)(C#CCl)CC4CCC3C1CCC2C(=O)CSS(=O)(=O)O. The zero-order valence-corrected chi connectivity index (χ0v) is 21.7. The van der Waals surface area contributed by atoms with Crippen molar-refractivity contribution in [2.75, 3.05) is 5.75 Å². The van der Waals surface area contributed by atoms with Gasteiger partial charge in [-0.15, -0.1) is 0 Å². The number of carbonyl (C=O) groups is 1. The van der Waals surface area contributed by atoms with E-state index in [0.717, 1.165) is 51.4 Å². The van der Waals surface area contributed by atoms with Crippen LogP contribution in [0.1, 0.15) is 78.6 Å². The molecular weight excluding hydrogens is 468 g/mol. The maximum atomic E-state index is 12.8. The van der Waals surface area contributed by atoms with Gasteiger partial charge in [0.05, 0.1) is 5.75 Å². The number of hydrogen-bond acceptors (Lipinski definition) is 5. The molecule has 0 aliphatic heterocycles. The fourth-order valence-corrected chi connectivity index (χ4v) is 9.28. The fraction of sp³-hybridized carbons (Fsp3) is 0.875. The van der Waals surface area contributed by atoms with Crippen molar-refractivity contribution < 1.29 is 22.9 Å². The maximum absolute atomic E-state index is 12.8. The lowest BCUT2D eigenvalue weighted by Crippen LogP contribution is -2.51. The molecule has 4 aliphatic carbocycles. The molecule has 4 rings (SSSR count). The Labute approximate surface area is 202 Å². The molecule has 0 spiro atoms. The molecule has 8 atom stereocenters. The highest BCUT2D eigenvalue weighted by Gasteiger charge is 2.58. The lowest BCUT2D eigenvalue weighted by atomic mass is 9.49. The van der Waals surface area contributed by atoms with E-state index in [4.69, 9.17) is 16.2 Å². The van der Waals surface area contributed by atoms with Gasteiger partial charge in [0, 0.05) is 22.1 Å². The summed E-state index contributed by atoms with van der Waals surface area (Å²) in [5.74, 6) is 5.41. The van der Waals surface area contributed by atoms with Crippen LogP contribution in [0.5, 0.6) is 0 Å². The topological polar surface area (TPSA) is 91.7 Å². The Kier molecular flexibility index (Phi) is 8.36. The van der Waals surface area contributed by atoms with Gasteiger partial charge < -0.3 is 5.11 Å². The van der Waals surface area contributed by atoms with Crippen LogP contribution >= 0.6 is 22.4 Å². The van der Waals surface area contributed by atoms with Gasteiger partial charge in [0.15, 0.2) is 0 Å². The highest BCUT2D eigenvalue weighted by molar-refractivity contribution is 8.70. The van der Waals surface area contributed by atoms with Gasteiger partial charge in [0.2, 0.25) is 0 Å². The monoisotopic (exact) mass is 504 g/mol. The number of rotatable bonds is 4. The molecule has 4 fully saturated rings. The summed E-state index contributed by atoms with van der Waals surface area (Å²) in [6, 6.07) is 0. The van der Waals surface area contributed by atoms with Crippen molar-refractivity contribution in [3.8, 4) is 11.3 Å². The third-order valence-electron chi connectivity index (χ3n) is 9.03. The van der Waals surface area contributed by atoms with Gasteiger partial charge in [-0.25, -0.2) is 0 Å². The van der Waals surface area contributed by atoms with Crippen LogP contribution in [-0.4, -0.2) is 35.2 Å². The first-order valence-corrected chi connectivity index (χ1v) is 15.4. The lowest BCUT2D eigenvalue weighted by Gasteiger charge is -2.56. The van der Waals surface area contributed by atoms with Gasteiger partial charge in [-0.3, -0.25) is 9.35 Å². The summed E-state index contributed by atoms with van der Waals surface area (Å²) < 4.78 is 31.1. The molecule has 4 aliphatic rings. The summed E-state index contributed by atoms with van der Waals surface area (Å²) >= 11 is 5.58. The second-order valence-corrected chi connectivity index (χ2v) is 13.8. The molecule has 0 amide bonds. The van der Waals surface area contributed by atoms with Crippen LogP contribution in [0.15, 0.2) is 0 Å². The van der Waals surface area contributed by atoms with Crippen molar-refractivity contribution >= 4 is 37.3 Å². The maximum Gasteiger partial charge on any atom is 0.320 e. The Morgan fingerprint density at radius 2 is 1.75 bits per heavy atom. The predicted molar refractivity (Wildman–Crippen MR) is 130 cm³/mol. The summed E-state index contributed by atoms with van der Waals surface area (Å²) in [5, 5.41) is 13.1. The number of halogens is 1. The standard InChI is InChI=1S/C22H31ClO5S2.C2H6/c1-21-8-6-16-15-7-9-22(25,10-11-23)12-14(15)2-3-17(16)18(21)4-5-19(21)20(24)13-29-30(26,27)28;1-2/h14-19,25H,2-9,12-13H2,1H3,(H,26,27,28);1-2H3. The third-order valence-corrected chi connectivity index (χ3v) is 11.1. The molecular formula is C24H37ClO5S2. The highest BCUT2D eigenvalue weighted by atomic mass is 35.5. The summed E-state index contributed by atoms with van der Waals surface area (Å²) in [7, 11) is -3.84. The molecule has 0 radical (unpaired) electrons. The van der Waals surface area contributed by atoms with Crippen molar-refractivity contribution in [1.82, 2.24) is 0 Å². The molecule has 8 unspecified atom stereocenters. The van der Waals surface area contributed by atoms with Gasteiger partial charge in [0.1, 0.15) is 11.4 Å². The first kappa shape index (κ1) is 26.3. The minimum absolute atomic E-state index is 0.0304. The Morgan fingerprint density at radius 1 is 1.06 bits per heavy atom. The van der Waals surface area contributed by atoms with Crippen LogP contribution in [-0.2, 0) is 13.9 Å². The second kappa shape index (κ2) is 10.2. The number of fused-ring (bicyclic) bond motifs is 5. The average molecular weight is 505 g/mol. The van der Waals surface area contributed by atoms with E-state index in [9.17, 15) is 18.3 Å². The Morgan fingerprint density at radius 3 is 2.41 bits per heavy atom. The highest BCUT2D eigenvalue weighted by Crippen LogP contribution is 2.64. The van der Waals surface area contributed by atoms with E-state index in [2.05, 4.69) is 18.2 Å². The summed E-state index contributed by atoms with van der Waals surface area (Å²) in [6.07, 6.45) is 8.60. The first-order valence-electron chi connectivity index (χ1n) is 12.1. The largest absolute Gasteiger partial charge is 0.378 e. The fourth-order valence-electron chi connectivity index (χ4n) is 7.84. The predicted octanol–water partition coefficient (Wildman–Crippen LogP) is 5.32. The minimum atomic E-state index is -4.19. The molecule has 0 heterocycles. The Hall–Kier alpha value is -0.260. The molecule has 0 aromatic rings. The van der Waals surface area contributed by atoms with Crippen LogP contribution in [0.3, 0.4) is 0 Å². The van der Waals surface area contributed by atoms with Gasteiger partial charge in [-0.2, -0.15) is 8.42 Å². The number of hydrogen-bond donors (Lipinski definition) is 2. The van der Waals surface area contributed by atoms with Gasteiger partial charge in [-0.1, -0.05) is 26.7 Å². The molecule has 2 N–H and O–H groups in total. The van der Waals surface area contributed by atoms with Gasteiger partial charge >= 0.3 is 9.15 Å². The van der Waals surface area contributed by atoms with E-state index in [1.165, 1.54) is 0 Å². The van der Waals surface area contributed by atoms with Crippen molar-refractivity contribution in [3.05, 3.63) is 0 Å². The summed E-state index contributed by atoms with van der Waals surface area (Å²) in [5.41, 5.74) is -1.00. The third kappa shape index (κ3) is 5.20. The number of carbonyl (C=O) groups excluding carboxylic acids is 1. The molecule has 0 aromatic heterocycles. The smallest absolute Gasteiger partial charge is 0.320 e. The first-order chi connectivity index (χ1) is 15.1. The van der Waals surface area contributed by atoms with E-state index in [1.54, 1.807) is 0 Å². The number of aliphatic hydroxyl groups is 1. The molecule has 8 heteroatoms. The zero-order chi connectivity index (χ0) is 23.7. The number of ketones is 1. The summed E-state index contributed by atoms with van der Waals surface area (Å²) in [6.45, 7) is 6.24. The second-order valence-electron chi connectivity index (χ2n) is 10.3. The Bertz CT molecular complexity index is 865. The van der Waals surface area contributed by atoms with Crippen molar-refractivity contribution in [2.24, 2.45) is 40.9 Å². The van der Waals surface area contributed by atoms with Gasteiger partial charge in [-0.05, 0) is 104 Å². The normalized spacial score (nSPS) is 42.8. The van der Waals surface area contributed by atoms with Crippen LogP contribution in [0.25, 0.3) is 0 Å². The summed E-state index contributed by atoms with van der Waals surface area (Å²) in [4.78, 5) is 12.8. The van der Waals surface area contributed by atoms with Crippen molar-refractivity contribution in [3.63, 3.8) is 0 Å². The molecule has 182 valence electrons. The molecule has 4 saturated carbocycles. The van der Waals surface area contributed by atoms with Crippen molar-refractivity contribution in [1.29, 1.82) is 0 Å². The van der Waals surface area contributed by atoms with Crippen LogP contribution in [0, 0.1) is 52.2 Å². The molecule has 5 nitrogen and oxygen atoms in total. The van der Waals surface area contributed by atoms with Crippen molar-refractivity contribution in [2.45, 2.75) is 84.2 Å². The molecule has 0 aromatic carbocycles. The lowest BCUT2D eigenvalue weighted by molar-refractivity contribution is -0.129. The average Bonchev–Trinajstić information content (AvgIpc) is 3.10. The zero-order valence-electron chi connectivity index (χ0n) is 19.3. The van der Waals surface area contributed by atoms with Gasteiger partial charge in [0.25, 0.3) is 0 Å². The van der Waals surface area contributed by atoms with E-state index in [1.807, 2.05) is 13.8 Å². The van der Waals surface area contributed by atoms with Crippen LogP contribution < -0.4 is 0 Å². The van der Waals surface area contributed by atoms with Crippen LogP contribution in [0.4, 0.5) is 0 Å². The molecule has 32 heavy (non-hydrogen) atoms. The minimum Gasteiger partial charge on any atom is -0.378 e. The molecule has 0 bridgehead atoms. The van der Waals surface area contributed by atoms with E-state index < -0.39 is 14.8 Å². The quantitative estimate of drug-likeness (QED) is 0.306. The van der Waals surface area contributed by atoms with E-state index in [-0.39, 0.29) is 22.9 Å². The molecule has 0 saturated heterocycles. The number of Topliss-reactive ketones (excluding diaryl/α,β-unsaturated/α-hetero) is 1. The van der Waals surface area contributed by atoms with E-state index >= 15 is 0 Å². The Balaban J connectivity index is 0.00000141. The van der Waals surface area contributed by atoms with Crippen LogP contribution in [0.2, 0.25) is 0 Å². The van der Waals surface area contributed by atoms with E-state index in [0.29, 0.717) is 46.8 Å².